The van der Waals surface area contributed by atoms with Gasteiger partial charge < -0.3 is 5.11 Å². The lowest BCUT2D eigenvalue weighted by Gasteiger charge is -2.27. The monoisotopic (exact) mass is 387 g/mol. The molecular weight excluding hydrogens is 354 g/mol. The van der Waals surface area contributed by atoms with Crippen molar-refractivity contribution < 1.29 is 5.11 Å². The van der Waals surface area contributed by atoms with Crippen molar-refractivity contribution in [3.63, 3.8) is 0 Å². The third-order valence-electron chi connectivity index (χ3n) is 6.27. The molecule has 29 heavy (non-hydrogen) atoms. The molecule has 0 bridgehead atoms. The molecule has 4 rings (SSSR count). The van der Waals surface area contributed by atoms with E-state index in [0.717, 1.165) is 31.5 Å². The SMILES string of the molecule is CCCCN(Cc1ccccc1)C[C@H](O)c1cc2c(c3ccccc13)CCCC2. The van der Waals surface area contributed by atoms with Crippen molar-refractivity contribution in [3.05, 3.63) is 82.9 Å². The summed E-state index contributed by atoms with van der Waals surface area (Å²) < 4.78 is 0. The second-order valence-electron chi connectivity index (χ2n) is 8.45. The van der Waals surface area contributed by atoms with Gasteiger partial charge in [-0.15, -0.1) is 0 Å². The Morgan fingerprint density at radius 1 is 0.931 bits per heavy atom. The largest absolute Gasteiger partial charge is 0.387 e. The molecule has 1 atom stereocenters. The number of nitrogens with zero attached hydrogens (tertiary/aromatic N) is 1. The summed E-state index contributed by atoms with van der Waals surface area (Å²) in [5.74, 6) is 0. The van der Waals surface area contributed by atoms with Crippen molar-refractivity contribution in [3.8, 4) is 0 Å². The van der Waals surface area contributed by atoms with Gasteiger partial charge in [-0.25, -0.2) is 0 Å². The van der Waals surface area contributed by atoms with Crippen LogP contribution in [0.15, 0.2) is 60.7 Å². The number of unbranched alkanes of at least 4 members (excludes halogenated alkanes) is 1. The van der Waals surface area contributed by atoms with Gasteiger partial charge in [0.2, 0.25) is 0 Å². The lowest BCUT2D eigenvalue weighted by Crippen LogP contribution is -2.29. The van der Waals surface area contributed by atoms with Crippen molar-refractivity contribution >= 4 is 10.8 Å². The maximum Gasteiger partial charge on any atom is 0.0923 e. The van der Waals surface area contributed by atoms with E-state index in [0.29, 0.717) is 6.54 Å². The van der Waals surface area contributed by atoms with Gasteiger partial charge in [0, 0.05) is 13.1 Å². The van der Waals surface area contributed by atoms with Crippen molar-refractivity contribution in [2.45, 2.75) is 58.1 Å². The summed E-state index contributed by atoms with van der Waals surface area (Å²) in [4.78, 5) is 2.41. The Morgan fingerprint density at radius 3 is 2.45 bits per heavy atom. The van der Waals surface area contributed by atoms with Crippen LogP contribution in [-0.4, -0.2) is 23.1 Å². The third-order valence-corrected chi connectivity index (χ3v) is 6.27. The number of aliphatic hydroxyl groups excluding tert-OH is 1. The summed E-state index contributed by atoms with van der Waals surface area (Å²) in [6.07, 6.45) is 6.71. The van der Waals surface area contributed by atoms with E-state index in [-0.39, 0.29) is 0 Å². The topological polar surface area (TPSA) is 23.5 Å². The Morgan fingerprint density at radius 2 is 1.66 bits per heavy atom. The maximum absolute atomic E-state index is 11.3. The molecule has 1 N–H and O–H groups in total. The minimum absolute atomic E-state index is 0.465. The molecule has 0 fully saturated rings. The number of rotatable bonds is 8. The molecule has 152 valence electrons. The quantitative estimate of drug-likeness (QED) is 0.508. The van der Waals surface area contributed by atoms with Crippen LogP contribution in [0, 0.1) is 0 Å². The smallest absolute Gasteiger partial charge is 0.0923 e. The highest BCUT2D eigenvalue weighted by Gasteiger charge is 2.20. The Hall–Kier alpha value is -2.16. The number of hydrogen-bond donors (Lipinski definition) is 1. The molecular formula is C27H33NO. The van der Waals surface area contributed by atoms with Crippen molar-refractivity contribution in [2.24, 2.45) is 0 Å². The summed E-state index contributed by atoms with van der Waals surface area (Å²) in [7, 11) is 0. The maximum atomic E-state index is 11.3. The van der Waals surface area contributed by atoms with Crippen LogP contribution in [0.5, 0.6) is 0 Å². The molecule has 3 aromatic carbocycles. The Labute approximate surface area is 175 Å². The fourth-order valence-electron chi connectivity index (χ4n) is 4.74. The van der Waals surface area contributed by atoms with Gasteiger partial charge in [-0.3, -0.25) is 4.90 Å². The summed E-state index contributed by atoms with van der Waals surface area (Å²) in [6.45, 7) is 4.82. The van der Waals surface area contributed by atoms with E-state index < -0.39 is 6.10 Å². The average Bonchev–Trinajstić information content (AvgIpc) is 2.77. The second-order valence-corrected chi connectivity index (χ2v) is 8.45. The highest BCUT2D eigenvalue weighted by Crippen LogP contribution is 2.34. The number of benzene rings is 3. The molecule has 0 radical (unpaired) electrons. The highest BCUT2D eigenvalue weighted by molar-refractivity contribution is 5.90. The summed E-state index contributed by atoms with van der Waals surface area (Å²) in [5, 5.41) is 13.9. The minimum Gasteiger partial charge on any atom is -0.387 e. The molecule has 0 saturated carbocycles. The van der Waals surface area contributed by atoms with E-state index in [1.807, 2.05) is 0 Å². The first-order chi connectivity index (χ1) is 14.3. The predicted molar refractivity (Wildman–Crippen MR) is 122 cm³/mol. The molecule has 0 saturated heterocycles. The van der Waals surface area contributed by atoms with Gasteiger partial charge in [0.1, 0.15) is 0 Å². The predicted octanol–water partition coefficient (Wildman–Crippen LogP) is 6.05. The average molecular weight is 388 g/mol. The van der Waals surface area contributed by atoms with Gasteiger partial charge in [0.25, 0.3) is 0 Å². The Bertz CT molecular complexity index is 934. The van der Waals surface area contributed by atoms with Crippen LogP contribution in [0.4, 0.5) is 0 Å². The lowest BCUT2D eigenvalue weighted by molar-refractivity contribution is 0.109. The van der Waals surface area contributed by atoms with Gasteiger partial charge in [-0.1, -0.05) is 74.0 Å². The standard InChI is InChI=1S/C27H33NO/c1-2-3-17-28(19-21-11-5-4-6-12-21)20-27(29)26-18-22-13-7-8-14-23(22)24-15-9-10-16-25(24)26/h4-6,9-12,15-16,18,27,29H,2-3,7-8,13-14,17,19-20H2,1H3/t27-/m0/s1. The molecule has 0 unspecified atom stereocenters. The fourth-order valence-corrected chi connectivity index (χ4v) is 4.74. The van der Waals surface area contributed by atoms with Crippen LogP contribution in [-0.2, 0) is 19.4 Å². The van der Waals surface area contributed by atoms with Crippen LogP contribution in [0.25, 0.3) is 10.8 Å². The lowest BCUT2D eigenvalue weighted by atomic mass is 9.84. The Balaban J connectivity index is 1.62. The molecule has 0 amide bonds. The molecule has 0 aliphatic heterocycles. The van der Waals surface area contributed by atoms with Crippen LogP contribution in [0.1, 0.15) is 61.0 Å². The van der Waals surface area contributed by atoms with Gasteiger partial charge in [0.15, 0.2) is 0 Å². The minimum atomic E-state index is -0.465. The van der Waals surface area contributed by atoms with Crippen molar-refractivity contribution in [2.75, 3.05) is 13.1 Å². The summed E-state index contributed by atoms with van der Waals surface area (Å²) in [6, 6.07) is 21.6. The second kappa shape index (κ2) is 9.56. The normalized spacial score (nSPS) is 14.9. The number of aryl methyl sites for hydroxylation is 2. The first-order valence-electron chi connectivity index (χ1n) is 11.2. The number of fused-ring (bicyclic) bond motifs is 3. The van der Waals surface area contributed by atoms with E-state index in [1.165, 1.54) is 53.1 Å². The van der Waals surface area contributed by atoms with Gasteiger partial charge in [-0.2, -0.15) is 0 Å². The zero-order valence-electron chi connectivity index (χ0n) is 17.6. The Kier molecular flexibility index (Phi) is 6.63. The molecule has 1 aliphatic rings. The van der Waals surface area contributed by atoms with E-state index in [1.54, 1.807) is 0 Å². The van der Waals surface area contributed by atoms with Gasteiger partial charge >= 0.3 is 0 Å². The van der Waals surface area contributed by atoms with Crippen molar-refractivity contribution in [1.82, 2.24) is 4.90 Å². The van der Waals surface area contributed by atoms with Crippen LogP contribution in [0.3, 0.4) is 0 Å². The van der Waals surface area contributed by atoms with E-state index in [4.69, 9.17) is 0 Å². The van der Waals surface area contributed by atoms with Crippen LogP contribution >= 0.6 is 0 Å². The van der Waals surface area contributed by atoms with Crippen molar-refractivity contribution in [1.29, 1.82) is 0 Å². The zero-order chi connectivity index (χ0) is 20.1. The number of hydrogen-bond acceptors (Lipinski definition) is 2. The fraction of sp³-hybridized carbons (Fsp3) is 0.407. The summed E-state index contributed by atoms with van der Waals surface area (Å²) in [5.41, 5.74) is 5.38. The van der Waals surface area contributed by atoms with Crippen LogP contribution in [0.2, 0.25) is 0 Å². The van der Waals surface area contributed by atoms with E-state index in [2.05, 4.69) is 72.5 Å². The molecule has 0 aromatic heterocycles. The molecule has 2 nitrogen and oxygen atoms in total. The molecule has 2 heteroatoms. The molecule has 0 spiro atoms. The highest BCUT2D eigenvalue weighted by atomic mass is 16.3. The molecule has 0 heterocycles. The third kappa shape index (κ3) is 4.71. The number of aliphatic hydroxyl groups is 1. The summed E-state index contributed by atoms with van der Waals surface area (Å²) >= 11 is 0. The molecule has 1 aliphatic carbocycles. The zero-order valence-corrected chi connectivity index (χ0v) is 17.6. The van der Waals surface area contributed by atoms with E-state index >= 15 is 0 Å². The first kappa shape index (κ1) is 20.1. The van der Waals surface area contributed by atoms with Gasteiger partial charge in [0.05, 0.1) is 6.10 Å². The van der Waals surface area contributed by atoms with Gasteiger partial charge in [-0.05, 0) is 71.7 Å². The molecule has 3 aromatic rings. The van der Waals surface area contributed by atoms with Crippen LogP contribution < -0.4 is 0 Å². The first-order valence-corrected chi connectivity index (χ1v) is 11.2. The van der Waals surface area contributed by atoms with E-state index in [9.17, 15) is 5.11 Å².